The Hall–Kier alpha value is -2.37. The molecule has 0 aliphatic carbocycles. The van der Waals surface area contributed by atoms with E-state index in [1.807, 2.05) is 48.5 Å². The highest BCUT2D eigenvalue weighted by Gasteiger charge is 2.19. The van der Waals surface area contributed by atoms with E-state index in [0.717, 1.165) is 16.9 Å². The molecule has 3 rings (SSSR count). The van der Waals surface area contributed by atoms with Crippen LogP contribution in [0.1, 0.15) is 11.1 Å². The molecule has 0 unspecified atom stereocenters. The molecule has 23 heavy (non-hydrogen) atoms. The summed E-state index contributed by atoms with van der Waals surface area (Å²) in [6.45, 7) is 0.401. The fraction of sp³-hybridized carbons (Fsp3) is 0.0588. The van der Waals surface area contributed by atoms with E-state index < -0.39 is 0 Å². The fourth-order valence-corrected chi connectivity index (χ4v) is 2.48. The number of benzene rings is 2. The van der Waals surface area contributed by atoms with Crippen LogP contribution in [0.2, 0.25) is 5.02 Å². The third-order valence-electron chi connectivity index (χ3n) is 3.26. The molecule has 0 spiro atoms. The van der Waals surface area contributed by atoms with Gasteiger partial charge in [0.05, 0.1) is 0 Å². The third kappa shape index (κ3) is 3.88. The zero-order valence-electron chi connectivity index (χ0n) is 12.0. The van der Waals surface area contributed by atoms with Crippen LogP contribution in [0.15, 0.2) is 54.2 Å². The molecule has 6 heteroatoms. The summed E-state index contributed by atoms with van der Waals surface area (Å²) >= 11 is 11.0. The van der Waals surface area contributed by atoms with Gasteiger partial charge >= 0.3 is 0 Å². The summed E-state index contributed by atoms with van der Waals surface area (Å²) in [5, 5.41) is 6.33. The van der Waals surface area contributed by atoms with Crippen LogP contribution in [-0.4, -0.2) is 11.0 Å². The summed E-state index contributed by atoms with van der Waals surface area (Å²) in [6.07, 6.45) is 1.73. The molecule has 0 saturated carbocycles. The first-order valence-corrected chi connectivity index (χ1v) is 7.71. The normalized spacial score (nSPS) is 15.4. The van der Waals surface area contributed by atoms with E-state index >= 15 is 0 Å². The monoisotopic (exact) mass is 344 g/mol. The van der Waals surface area contributed by atoms with Gasteiger partial charge in [-0.25, -0.2) is 0 Å². The molecular weight excluding hydrogens is 332 g/mol. The summed E-state index contributed by atoms with van der Waals surface area (Å²) < 4.78 is 5.72. The molecule has 116 valence electrons. The number of amides is 1. The number of thiocarbonyl (C=S) groups is 1. The first-order chi connectivity index (χ1) is 11.1. The lowest BCUT2D eigenvalue weighted by Crippen LogP contribution is -2.21. The number of ether oxygens (including phenoxy) is 1. The Balaban J connectivity index is 1.66. The molecule has 2 aromatic carbocycles. The van der Waals surface area contributed by atoms with Crippen molar-refractivity contribution in [3.05, 3.63) is 70.4 Å². The van der Waals surface area contributed by atoms with Crippen molar-refractivity contribution in [2.24, 2.45) is 0 Å². The highest BCUT2D eigenvalue weighted by atomic mass is 35.5. The molecule has 2 aromatic rings. The van der Waals surface area contributed by atoms with Crippen LogP contribution in [0.5, 0.6) is 5.75 Å². The second-order valence-corrected chi connectivity index (χ2v) is 5.73. The fourth-order valence-electron chi connectivity index (χ4n) is 2.09. The minimum atomic E-state index is -0.228. The standard InChI is InChI=1S/C17H13ClN2O2S/c18-14-4-2-1-3-12(14)10-22-13-7-5-11(6-8-13)9-15-16(21)20-17(23)19-15/h1-9H,10H2,(H2,19,20,21,23)/b15-9-. The van der Waals surface area contributed by atoms with Gasteiger partial charge in [0.1, 0.15) is 18.1 Å². The maximum atomic E-state index is 11.6. The van der Waals surface area contributed by atoms with Crippen LogP contribution in [-0.2, 0) is 11.4 Å². The van der Waals surface area contributed by atoms with E-state index in [9.17, 15) is 4.79 Å². The van der Waals surface area contributed by atoms with Crippen molar-refractivity contribution in [3.63, 3.8) is 0 Å². The first kappa shape index (κ1) is 15.5. The minimum Gasteiger partial charge on any atom is -0.489 e. The van der Waals surface area contributed by atoms with Crippen LogP contribution >= 0.6 is 23.8 Å². The van der Waals surface area contributed by atoms with Gasteiger partial charge in [0.15, 0.2) is 5.11 Å². The van der Waals surface area contributed by atoms with Crippen molar-refractivity contribution < 1.29 is 9.53 Å². The van der Waals surface area contributed by atoms with E-state index in [-0.39, 0.29) is 5.91 Å². The first-order valence-electron chi connectivity index (χ1n) is 6.92. The van der Waals surface area contributed by atoms with Gasteiger partial charge in [0.25, 0.3) is 5.91 Å². The lowest BCUT2D eigenvalue weighted by molar-refractivity contribution is -0.115. The van der Waals surface area contributed by atoms with Crippen molar-refractivity contribution in [2.75, 3.05) is 0 Å². The predicted octanol–water partition coefficient (Wildman–Crippen LogP) is 3.26. The Morgan fingerprint density at radius 2 is 1.83 bits per heavy atom. The molecule has 0 aromatic heterocycles. The lowest BCUT2D eigenvalue weighted by Gasteiger charge is -2.08. The summed E-state index contributed by atoms with van der Waals surface area (Å²) in [7, 11) is 0. The molecule has 1 fully saturated rings. The van der Waals surface area contributed by atoms with Crippen molar-refractivity contribution in [2.45, 2.75) is 6.61 Å². The second kappa shape index (κ2) is 6.81. The molecule has 4 nitrogen and oxygen atoms in total. The van der Waals surface area contributed by atoms with Crippen LogP contribution in [0.25, 0.3) is 6.08 Å². The van der Waals surface area contributed by atoms with Crippen molar-refractivity contribution in [1.29, 1.82) is 0 Å². The predicted molar refractivity (Wildman–Crippen MR) is 94.1 cm³/mol. The number of carbonyl (C=O) groups excluding carboxylic acids is 1. The van der Waals surface area contributed by atoms with Crippen LogP contribution in [0.4, 0.5) is 0 Å². The largest absolute Gasteiger partial charge is 0.489 e. The lowest BCUT2D eigenvalue weighted by atomic mass is 10.2. The summed E-state index contributed by atoms with van der Waals surface area (Å²) in [5.74, 6) is 0.500. The Morgan fingerprint density at radius 1 is 1.09 bits per heavy atom. The van der Waals surface area contributed by atoms with Crippen LogP contribution in [0, 0.1) is 0 Å². The van der Waals surface area contributed by atoms with Crippen molar-refractivity contribution >= 4 is 40.9 Å². The molecule has 1 aliphatic heterocycles. The molecular formula is C17H13ClN2O2S. The molecule has 0 radical (unpaired) electrons. The Bertz CT molecular complexity index is 787. The highest BCUT2D eigenvalue weighted by molar-refractivity contribution is 7.80. The Morgan fingerprint density at radius 3 is 2.48 bits per heavy atom. The average Bonchev–Trinajstić information content (AvgIpc) is 2.85. The quantitative estimate of drug-likeness (QED) is 0.660. The van der Waals surface area contributed by atoms with Crippen molar-refractivity contribution in [3.8, 4) is 5.75 Å². The maximum Gasteiger partial charge on any atom is 0.273 e. The number of hydrogen-bond acceptors (Lipinski definition) is 3. The van der Waals surface area contributed by atoms with Crippen LogP contribution in [0.3, 0.4) is 0 Å². The van der Waals surface area contributed by atoms with E-state index in [0.29, 0.717) is 22.4 Å². The second-order valence-electron chi connectivity index (χ2n) is 4.92. The summed E-state index contributed by atoms with van der Waals surface area (Å²) in [6, 6.07) is 15.0. The molecule has 0 atom stereocenters. The zero-order chi connectivity index (χ0) is 16.2. The molecule has 1 amide bonds. The Kier molecular flexibility index (Phi) is 4.60. The van der Waals surface area contributed by atoms with Gasteiger partial charge in [0, 0.05) is 10.6 Å². The van der Waals surface area contributed by atoms with Gasteiger partial charge in [-0.1, -0.05) is 41.9 Å². The van der Waals surface area contributed by atoms with Gasteiger partial charge in [-0.2, -0.15) is 0 Å². The van der Waals surface area contributed by atoms with Crippen LogP contribution < -0.4 is 15.4 Å². The van der Waals surface area contributed by atoms with Gasteiger partial charge in [-0.15, -0.1) is 0 Å². The number of rotatable bonds is 4. The van der Waals surface area contributed by atoms with E-state index in [2.05, 4.69) is 10.6 Å². The topological polar surface area (TPSA) is 50.4 Å². The smallest absolute Gasteiger partial charge is 0.273 e. The van der Waals surface area contributed by atoms with Gasteiger partial charge in [0.2, 0.25) is 0 Å². The average molecular weight is 345 g/mol. The maximum absolute atomic E-state index is 11.6. The van der Waals surface area contributed by atoms with E-state index in [1.165, 1.54) is 0 Å². The number of hydrogen-bond donors (Lipinski definition) is 2. The van der Waals surface area contributed by atoms with Gasteiger partial charge < -0.3 is 10.1 Å². The SMILES string of the molecule is O=C1NC(=S)N/C1=C\c1ccc(OCc2ccccc2Cl)cc1. The van der Waals surface area contributed by atoms with E-state index in [1.54, 1.807) is 6.08 Å². The van der Waals surface area contributed by atoms with E-state index in [4.69, 9.17) is 28.6 Å². The number of carbonyl (C=O) groups is 1. The molecule has 1 heterocycles. The summed E-state index contributed by atoms with van der Waals surface area (Å²) in [4.78, 5) is 11.6. The summed E-state index contributed by atoms with van der Waals surface area (Å²) in [5.41, 5.74) is 2.23. The van der Waals surface area contributed by atoms with Gasteiger partial charge in [-0.05, 0) is 42.1 Å². The zero-order valence-corrected chi connectivity index (χ0v) is 13.6. The highest BCUT2D eigenvalue weighted by Crippen LogP contribution is 2.19. The third-order valence-corrected chi connectivity index (χ3v) is 3.84. The Labute approximate surface area is 144 Å². The number of halogens is 1. The molecule has 0 bridgehead atoms. The van der Waals surface area contributed by atoms with Gasteiger partial charge in [-0.3, -0.25) is 10.1 Å². The van der Waals surface area contributed by atoms with Crippen molar-refractivity contribution in [1.82, 2.24) is 10.6 Å². The molecule has 1 aliphatic rings. The molecule has 1 saturated heterocycles. The molecule has 2 N–H and O–H groups in total. The minimum absolute atomic E-state index is 0.228. The number of nitrogens with one attached hydrogen (secondary N) is 2.